The van der Waals surface area contributed by atoms with Crippen molar-refractivity contribution in [1.82, 2.24) is 10.2 Å². The predicted octanol–water partition coefficient (Wildman–Crippen LogP) is 2.37. The van der Waals surface area contributed by atoms with Gasteiger partial charge in [0.15, 0.2) is 0 Å². The third-order valence-electron chi connectivity index (χ3n) is 3.96. The van der Waals surface area contributed by atoms with Gasteiger partial charge in [0.25, 0.3) is 0 Å². The summed E-state index contributed by atoms with van der Waals surface area (Å²) in [4.78, 5) is 13.8. The van der Waals surface area contributed by atoms with E-state index in [0.717, 1.165) is 19.6 Å². The largest absolute Gasteiger partial charge is 0.337 e. The second kappa shape index (κ2) is 4.42. The van der Waals surface area contributed by atoms with Crippen molar-refractivity contribution in [1.29, 1.82) is 0 Å². The first kappa shape index (κ1) is 10.8. The Hall–Kier alpha value is -0.730. The number of hydrogen-bond donors (Lipinski definition) is 1. The van der Waals surface area contributed by atoms with Crippen LogP contribution in [0.4, 0.5) is 4.79 Å². The average Bonchev–Trinajstić information content (AvgIpc) is 3.08. The second-order valence-corrected chi connectivity index (χ2v) is 5.06. The Balaban J connectivity index is 1.72. The van der Waals surface area contributed by atoms with E-state index >= 15 is 0 Å². The zero-order valence-electron chi connectivity index (χ0n) is 9.72. The van der Waals surface area contributed by atoms with Gasteiger partial charge in [-0.1, -0.05) is 6.92 Å². The summed E-state index contributed by atoms with van der Waals surface area (Å²) < 4.78 is 0. The molecular weight excluding hydrogens is 188 g/mol. The van der Waals surface area contributed by atoms with Crippen LogP contribution in [0.25, 0.3) is 0 Å². The molecule has 3 nitrogen and oxygen atoms in total. The van der Waals surface area contributed by atoms with Crippen LogP contribution in [0, 0.1) is 5.41 Å². The van der Waals surface area contributed by atoms with Crippen LogP contribution in [0.15, 0.2) is 0 Å². The van der Waals surface area contributed by atoms with Gasteiger partial charge in [0, 0.05) is 19.6 Å². The molecule has 0 bridgehead atoms. The van der Waals surface area contributed by atoms with Gasteiger partial charge in [-0.2, -0.15) is 0 Å². The van der Waals surface area contributed by atoms with Gasteiger partial charge in [-0.05, 0) is 43.9 Å². The molecule has 1 N–H and O–H groups in total. The number of nitrogens with one attached hydrogen (secondary N) is 1. The molecule has 0 spiro atoms. The van der Waals surface area contributed by atoms with Gasteiger partial charge < -0.3 is 10.2 Å². The molecule has 2 amide bonds. The molecule has 0 atom stereocenters. The highest BCUT2D eigenvalue weighted by molar-refractivity contribution is 5.74. The first-order chi connectivity index (χ1) is 7.26. The molecule has 86 valence electrons. The fourth-order valence-corrected chi connectivity index (χ4v) is 2.30. The molecule has 1 aliphatic heterocycles. The minimum atomic E-state index is 0.162. The number of carbonyl (C=O) groups excluding carboxylic acids is 1. The number of piperidine rings is 1. The lowest BCUT2D eigenvalue weighted by atomic mass is 10.0. The molecule has 2 aliphatic rings. The molecule has 1 heterocycles. The van der Waals surface area contributed by atoms with Crippen LogP contribution in [0.1, 0.15) is 45.4 Å². The van der Waals surface area contributed by atoms with Crippen molar-refractivity contribution in [3.63, 3.8) is 0 Å². The lowest BCUT2D eigenvalue weighted by Crippen LogP contribution is -2.44. The van der Waals surface area contributed by atoms with Gasteiger partial charge in [-0.15, -0.1) is 0 Å². The molecule has 0 aromatic carbocycles. The van der Waals surface area contributed by atoms with Crippen molar-refractivity contribution >= 4 is 6.03 Å². The number of likely N-dealkylation sites (tertiary alicyclic amines) is 1. The second-order valence-electron chi connectivity index (χ2n) is 5.06. The maximum atomic E-state index is 11.8. The topological polar surface area (TPSA) is 32.3 Å². The van der Waals surface area contributed by atoms with Crippen molar-refractivity contribution < 1.29 is 4.79 Å². The van der Waals surface area contributed by atoms with Crippen LogP contribution in [-0.4, -0.2) is 30.6 Å². The van der Waals surface area contributed by atoms with Crippen LogP contribution in [0.5, 0.6) is 0 Å². The fraction of sp³-hybridized carbons (Fsp3) is 0.917. The third-order valence-corrected chi connectivity index (χ3v) is 3.96. The quantitative estimate of drug-likeness (QED) is 0.762. The van der Waals surface area contributed by atoms with E-state index in [1.165, 1.54) is 38.5 Å². The van der Waals surface area contributed by atoms with Crippen molar-refractivity contribution in [2.75, 3.05) is 19.6 Å². The van der Waals surface area contributed by atoms with Crippen LogP contribution >= 0.6 is 0 Å². The predicted molar refractivity (Wildman–Crippen MR) is 60.8 cm³/mol. The summed E-state index contributed by atoms with van der Waals surface area (Å²) in [6.07, 6.45) is 7.42. The summed E-state index contributed by atoms with van der Waals surface area (Å²) in [5, 5.41) is 3.09. The minimum absolute atomic E-state index is 0.162. The van der Waals surface area contributed by atoms with E-state index in [-0.39, 0.29) is 6.03 Å². The number of nitrogens with zero attached hydrogens (tertiary/aromatic N) is 1. The summed E-state index contributed by atoms with van der Waals surface area (Å²) in [6.45, 7) is 5.01. The molecule has 0 aromatic heterocycles. The first-order valence-electron chi connectivity index (χ1n) is 6.29. The molecule has 2 rings (SSSR count). The Morgan fingerprint density at radius 1 is 1.27 bits per heavy atom. The van der Waals surface area contributed by atoms with E-state index < -0.39 is 0 Å². The van der Waals surface area contributed by atoms with Crippen LogP contribution in [-0.2, 0) is 0 Å². The van der Waals surface area contributed by atoms with E-state index in [1.54, 1.807) is 0 Å². The van der Waals surface area contributed by atoms with E-state index in [2.05, 4.69) is 12.2 Å². The standard InChI is InChI=1S/C12H22N2O/c1-2-12(6-7-12)10-13-11(15)14-8-4-3-5-9-14/h2-10H2,1H3,(H,13,15). The Kier molecular flexibility index (Phi) is 3.17. The highest BCUT2D eigenvalue weighted by Crippen LogP contribution is 2.47. The monoisotopic (exact) mass is 210 g/mol. The van der Waals surface area contributed by atoms with E-state index in [9.17, 15) is 4.79 Å². The molecule has 2 fully saturated rings. The fourth-order valence-electron chi connectivity index (χ4n) is 2.30. The summed E-state index contributed by atoms with van der Waals surface area (Å²) in [5.41, 5.74) is 0.464. The summed E-state index contributed by atoms with van der Waals surface area (Å²) >= 11 is 0. The Bertz CT molecular complexity index is 230. The van der Waals surface area contributed by atoms with Gasteiger partial charge in [0.1, 0.15) is 0 Å². The zero-order valence-corrected chi connectivity index (χ0v) is 9.72. The van der Waals surface area contributed by atoms with Crippen molar-refractivity contribution in [3.8, 4) is 0 Å². The van der Waals surface area contributed by atoms with Crippen LogP contribution < -0.4 is 5.32 Å². The van der Waals surface area contributed by atoms with Crippen LogP contribution in [0.3, 0.4) is 0 Å². The number of urea groups is 1. The number of rotatable bonds is 3. The smallest absolute Gasteiger partial charge is 0.317 e. The number of hydrogen-bond acceptors (Lipinski definition) is 1. The van der Waals surface area contributed by atoms with E-state index in [4.69, 9.17) is 0 Å². The van der Waals surface area contributed by atoms with Gasteiger partial charge in [0.05, 0.1) is 0 Å². The average molecular weight is 210 g/mol. The number of amides is 2. The SMILES string of the molecule is CCC1(CNC(=O)N2CCCCC2)CC1. The van der Waals surface area contributed by atoms with Gasteiger partial charge in [0.2, 0.25) is 0 Å². The molecule has 3 heteroatoms. The van der Waals surface area contributed by atoms with Crippen molar-refractivity contribution in [2.24, 2.45) is 5.41 Å². The normalized spacial score (nSPS) is 23.7. The van der Waals surface area contributed by atoms with Crippen molar-refractivity contribution in [3.05, 3.63) is 0 Å². The Morgan fingerprint density at radius 2 is 1.93 bits per heavy atom. The molecule has 0 unspecified atom stereocenters. The Morgan fingerprint density at radius 3 is 2.47 bits per heavy atom. The molecule has 1 saturated carbocycles. The maximum Gasteiger partial charge on any atom is 0.317 e. The number of carbonyl (C=O) groups is 1. The molecule has 15 heavy (non-hydrogen) atoms. The minimum Gasteiger partial charge on any atom is -0.337 e. The Labute approximate surface area is 92.2 Å². The van der Waals surface area contributed by atoms with Gasteiger partial charge in [-0.3, -0.25) is 0 Å². The first-order valence-corrected chi connectivity index (χ1v) is 6.29. The highest BCUT2D eigenvalue weighted by Gasteiger charge is 2.40. The lowest BCUT2D eigenvalue weighted by Gasteiger charge is -2.27. The van der Waals surface area contributed by atoms with Gasteiger partial charge in [-0.25, -0.2) is 4.79 Å². The van der Waals surface area contributed by atoms with Crippen LogP contribution in [0.2, 0.25) is 0 Å². The lowest BCUT2D eigenvalue weighted by molar-refractivity contribution is 0.184. The maximum absolute atomic E-state index is 11.8. The van der Waals surface area contributed by atoms with E-state index in [1.807, 2.05) is 4.90 Å². The molecular formula is C12H22N2O. The summed E-state index contributed by atoms with van der Waals surface area (Å²) in [7, 11) is 0. The summed E-state index contributed by atoms with van der Waals surface area (Å²) in [5.74, 6) is 0. The third kappa shape index (κ3) is 2.64. The van der Waals surface area contributed by atoms with E-state index in [0.29, 0.717) is 5.41 Å². The zero-order chi connectivity index (χ0) is 10.7. The molecule has 1 aliphatic carbocycles. The summed E-state index contributed by atoms with van der Waals surface area (Å²) in [6, 6.07) is 0.162. The molecule has 0 radical (unpaired) electrons. The highest BCUT2D eigenvalue weighted by atomic mass is 16.2. The molecule has 0 aromatic rings. The molecule has 1 saturated heterocycles. The van der Waals surface area contributed by atoms with Crippen molar-refractivity contribution in [2.45, 2.75) is 45.4 Å². The van der Waals surface area contributed by atoms with Gasteiger partial charge >= 0.3 is 6.03 Å².